The zero-order valence-electron chi connectivity index (χ0n) is 14.9. The Morgan fingerprint density at radius 1 is 1.54 bits per heavy atom. The Balaban J connectivity index is 1.80. The lowest BCUT2D eigenvalue weighted by atomic mass is 10.0. The van der Waals surface area contributed by atoms with Gasteiger partial charge in [-0.1, -0.05) is 17.3 Å². The molecule has 3 rings (SSSR count). The van der Waals surface area contributed by atoms with Crippen LogP contribution >= 0.6 is 23.1 Å². The van der Waals surface area contributed by atoms with Crippen LogP contribution in [0.3, 0.4) is 0 Å². The minimum absolute atomic E-state index is 0.0598. The molecule has 0 saturated carbocycles. The molecule has 0 aromatic carbocycles. The van der Waals surface area contributed by atoms with E-state index < -0.39 is 29.2 Å². The number of aliphatic carboxylic acids is 1. The Hall–Kier alpha value is -2.86. The van der Waals surface area contributed by atoms with E-state index in [4.69, 9.17) is 10.6 Å². The number of aromatic nitrogens is 1. The van der Waals surface area contributed by atoms with Gasteiger partial charge in [-0.3, -0.25) is 14.5 Å². The van der Waals surface area contributed by atoms with Crippen molar-refractivity contribution in [2.45, 2.75) is 18.3 Å². The summed E-state index contributed by atoms with van der Waals surface area (Å²) in [5, 5.41) is 17.1. The van der Waals surface area contributed by atoms with Crippen molar-refractivity contribution in [1.82, 2.24) is 15.2 Å². The molecule has 2 amide bonds. The predicted octanol–water partition coefficient (Wildman–Crippen LogP) is 0.391. The Kier molecular flexibility index (Phi) is 5.70. The molecule has 1 saturated heterocycles. The van der Waals surface area contributed by atoms with Gasteiger partial charge in [0.15, 0.2) is 10.8 Å². The fraction of sp³-hybridized carbons (Fsp3) is 0.312. The zero-order chi connectivity index (χ0) is 20.4. The number of anilines is 1. The van der Waals surface area contributed by atoms with Gasteiger partial charge >= 0.3 is 5.97 Å². The first-order chi connectivity index (χ1) is 13.4. The summed E-state index contributed by atoms with van der Waals surface area (Å²) in [4.78, 5) is 46.8. The number of carboxylic acids is 1. The van der Waals surface area contributed by atoms with Crippen LogP contribution in [0.2, 0.25) is 0 Å². The number of thioether (sulfide) groups is 1. The number of nitrogens with two attached hydrogens (primary N) is 1. The van der Waals surface area contributed by atoms with E-state index >= 15 is 0 Å². The monoisotopic (exact) mass is 423 g/mol. The van der Waals surface area contributed by atoms with Crippen LogP contribution in [-0.2, 0) is 19.2 Å². The minimum atomic E-state index is -1.18. The SMILES string of the molecule is C/C=C\C1=C(C(=O)O)N2C(=O)[C@@H](NC(=O)/C(=N\OC)c3csc(N)n3)[C@@H]2SC1. The van der Waals surface area contributed by atoms with E-state index in [1.54, 1.807) is 24.5 Å². The fourth-order valence-electron chi connectivity index (χ4n) is 2.87. The number of nitrogen functional groups attached to an aromatic ring is 1. The molecule has 148 valence electrons. The van der Waals surface area contributed by atoms with Crippen LogP contribution in [-0.4, -0.2) is 62.8 Å². The van der Waals surface area contributed by atoms with Gasteiger partial charge in [-0.05, 0) is 12.5 Å². The second-order valence-corrected chi connectivity index (χ2v) is 7.73. The number of carbonyl (C=O) groups excluding carboxylic acids is 2. The van der Waals surface area contributed by atoms with Crippen molar-refractivity contribution in [3.63, 3.8) is 0 Å². The van der Waals surface area contributed by atoms with Gasteiger partial charge in [0.2, 0.25) is 0 Å². The molecule has 28 heavy (non-hydrogen) atoms. The average molecular weight is 423 g/mol. The van der Waals surface area contributed by atoms with Gasteiger partial charge in [0.25, 0.3) is 11.8 Å². The second-order valence-electron chi connectivity index (χ2n) is 5.73. The lowest BCUT2D eigenvalue weighted by molar-refractivity contribution is -0.150. The van der Waals surface area contributed by atoms with Crippen molar-refractivity contribution in [2.75, 3.05) is 18.6 Å². The van der Waals surface area contributed by atoms with Crippen LogP contribution in [0.15, 0.2) is 34.0 Å². The predicted molar refractivity (Wildman–Crippen MR) is 105 cm³/mol. The van der Waals surface area contributed by atoms with Gasteiger partial charge in [-0.15, -0.1) is 23.1 Å². The number of fused-ring (bicyclic) bond motifs is 1. The van der Waals surface area contributed by atoms with Gasteiger partial charge < -0.3 is 21.0 Å². The number of oxime groups is 1. The first kappa shape index (κ1) is 19.9. The van der Waals surface area contributed by atoms with Gasteiger partial charge in [0.05, 0.1) is 0 Å². The lowest BCUT2D eigenvalue weighted by Gasteiger charge is -2.49. The minimum Gasteiger partial charge on any atom is -0.477 e. The molecule has 10 nitrogen and oxygen atoms in total. The number of thiazole rings is 1. The highest BCUT2D eigenvalue weighted by Gasteiger charge is 2.54. The standard InChI is InChI=1S/C16H17N5O5S2/c1-3-4-7-5-27-14-10(13(23)21(14)11(7)15(24)25)19-12(22)9(20-26-2)8-6-28-16(17)18-8/h3-4,6,10,14H,5H2,1-2H3,(H2,17,18)(H,19,22)(H,24,25)/b4-3-,20-9-/t10-,14+/m1/s1. The number of amides is 2. The molecule has 0 radical (unpaired) electrons. The maximum Gasteiger partial charge on any atom is 0.352 e. The zero-order valence-corrected chi connectivity index (χ0v) is 16.5. The maximum absolute atomic E-state index is 12.6. The van der Waals surface area contributed by atoms with Crippen LogP contribution in [0.25, 0.3) is 0 Å². The van der Waals surface area contributed by atoms with E-state index in [-0.39, 0.29) is 22.2 Å². The summed E-state index contributed by atoms with van der Waals surface area (Å²) in [7, 11) is 1.28. The highest BCUT2D eigenvalue weighted by atomic mass is 32.2. The van der Waals surface area contributed by atoms with Crippen LogP contribution in [0, 0.1) is 0 Å². The number of nitrogens with one attached hydrogen (secondary N) is 1. The number of allylic oxidation sites excluding steroid dienone is 2. The third-order valence-electron chi connectivity index (χ3n) is 4.02. The normalized spacial score (nSPS) is 22.1. The lowest BCUT2D eigenvalue weighted by Crippen LogP contribution is -2.71. The van der Waals surface area contributed by atoms with Gasteiger partial charge in [-0.25, -0.2) is 9.78 Å². The van der Waals surface area contributed by atoms with E-state index in [0.717, 1.165) is 11.3 Å². The molecule has 3 heterocycles. The number of nitrogens with zero attached hydrogens (tertiary/aromatic N) is 3. The number of β-lactam (4-membered cyclic amide) rings is 1. The van der Waals surface area contributed by atoms with Crippen molar-refractivity contribution in [2.24, 2.45) is 5.16 Å². The van der Waals surface area contributed by atoms with E-state index in [9.17, 15) is 19.5 Å². The third-order valence-corrected chi connectivity index (χ3v) is 5.99. The first-order valence-corrected chi connectivity index (χ1v) is 9.99. The quantitative estimate of drug-likeness (QED) is 0.338. The van der Waals surface area contributed by atoms with Crippen LogP contribution in [0.4, 0.5) is 5.13 Å². The molecule has 4 N–H and O–H groups in total. The molecule has 1 aromatic heterocycles. The molecule has 2 atom stereocenters. The summed E-state index contributed by atoms with van der Waals surface area (Å²) in [6.45, 7) is 1.77. The second kappa shape index (κ2) is 8.02. The van der Waals surface area contributed by atoms with Crippen molar-refractivity contribution >= 4 is 51.7 Å². The maximum atomic E-state index is 12.6. The van der Waals surface area contributed by atoms with Crippen molar-refractivity contribution in [3.05, 3.63) is 34.5 Å². The van der Waals surface area contributed by atoms with E-state index in [2.05, 4.69) is 15.5 Å². The molecule has 0 unspecified atom stereocenters. The number of carboxylic acid groups (broad SMARTS) is 1. The van der Waals surface area contributed by atoms with Crippen LogP contribution < -0.4 is 11.1 Å². The molecule has 0 spiro atoms. The number of hydrogen-bond donors (Lipinski definition) is 3. The molecule has 0 aliphatic carbocycles. The number of rotatable bonds is 6. The summed E-state index contributed by atoms with van der Waals surface area (Å²) in [5.74, 6) is -1.93. The van der Waals surface area contributed by atoms with Gasteiger partial charge in [0, 0.05) is 11.1 Å². The van der Waals surface area contributed by atoms with Crippen molar-refractivity contribution in [3.8, 4) is 0 Å². The van der Waals surface area contributed by atoms with Crippen molar-refractivity contribution < 1.29 is 24.3 Å². The Bertz CT molecular complexity index is 922. The van der Waals surface area contributed by atoms with E-state index in [1.165, 1.54) is 23.8 Å². The van der Waals surface area contributed by atoms with Crippen molar-refractivity contribution in [1.29, 1.82) is 0 Å². The third kappa shape index (κ3) is 3.47. The summed E-state index contributed by atoms with van der Waals surface area (Å²) in [6, 6.07) is -0.878. The molecular formula is C16H17N5O5S2. The summed E-state index contributed by atoms with van der Waals surface area (Å²) >= 11 is 2.51. The first-order valence-electron chi connectivity index (χ1n) is 8.06. The molecule has 12 heteroatoms. The molecule has 2 aliphatic heterocycles. The topological polar surface area (TPSA) is 147 Å². The Morgan fingerprint density at radius 3 is 2.86 bits per heavy atom. The summed E-state index contributed by atoms with van der Waals surface area (Å²) in [6.07, 6.45) is 3.39. The smallest absolute Gasteiger partial charge is 0.352 e. The molecule has 1 fully saturated rings. The highest BCUT2D eigenvalue weighted by molar-refractivity contribution is 8.00. The fourth-order valence-corrected chi connectivity index (χ4v) is 4.74. The Labute approximate surface area is 168 Å². The average Bonchev–Trinajstić information content (AvgIpc) is 3.09. The highest BCUT2D eigenvalue weighted by Crippen LogP contribution is 2.40. The largest absolute Gasteiger partial charge is 0.477 e. The summed E-state index contributed by atoms with van der Waals surface area (Å²) in [5.41, 5.74) is 6.19. The Morgan fingerprint density at radius 2 is 2.29 bits per heavy atom. The molecule has 2 aliphatic rings. The summed E-state index contributed by atoms with van der Waals surface area (Å²) < 4.78 is 0. The van der Waals surface area contributed by atoms with Gasteiger partial charge in [0.1, 0.15) is 29.9 Å². The van der Waals surface area contributed by atoms with Crippen LogP contribution in [0.5, 0.6) is 0 Å². The number of carbonyl (C=O) groups is 3. The van der Waals surface area contributed by atoms with Gasteiger partial charge in [-0.2, -0.15) is 0 Å². The number of hydrogen-bond acceptors (Lipinski definition) is 9. The molecular weight excluding hydrogens is 406 g/mol. The van der Waals surface area contributed by atoms with E-state index in [0.29, 0.717) is 11.3 Å². The molecule has 1 aromatic rings. The van der Waals surface area contributed by atoms with E-state index in [1.807, 2.05) is 0 Å². The molecule has 0 bridgehead atoms. The van der Waals surface area contributed by atoms with Crippen LogP contribution in [0.1, 0.15) is 12.6 Å².